The van der Waals surface area contributed by atoms with Gasteiger partial charge in [-0.05, 0) is 29.8 Å². The van der Waals surface area contributed by atoms with Crippen molar-refractivity contribution in [1.82, 2.24) is 20.6 Å². The lowest BCUT2D eigenvalue weighted by Crippen LogP contribution is -2.36. The second-order valence-electron chi connectivity index (χ2n) is 5.17. The highest BCUT2D eigenvalue weighted by Gasteiger charge is 2.15. The molecule has 1 aliphatic rings. The lowest BCUT2D eigenvalue weighted by atomic mass is 10.1. The van der Waals surface area contributed by atoms with Crippen molar-refractivity contribution < 1.29 is 4.74 Å². The monoisotopic (exact) mass is 311 g/mol. The number of anilines is 2. The summed E-state index contributed by atoms with van der Waals surface area (Å²) in [4.78, 5) is 2.26. The number of nitrogens with zero attached hydrogens (tertiary/aromatic N) is 5. The van der Waals surface area contributed by atoms with E-state index in [0.717, 1.165) is 43.2 Å². The molecule has 3 rings (SSSR count). The molecule has 1 aliphatic heterocycles. The summed E-state index contributed by atoms with van der Waals surface area (Å²) in [5.41, 5.74) is 3.47. The third-order valence-electron chi connectivity index (χ3n) is 3.58. The standard InChI is InChI=1S/C15H17N7O/c1-11-2-3-14(22-4-6-23-7-5-22)13(8-11)17-10-12(9-16)15-18-20-21-19-15/h2-3,8,10,17H,4-7H2,1H3,(H,18,19,20,21). The maximum absolute atomic E-state index is 9.24. The van der Waals surface area contributed by atoms with Crippen molar-refractivity contribution in [3.05, 3.63) is 35.8 Å². The molecule has 23 heavy (non-hydrogen) atoms. The molecule has 118 valence electrons. The number of aryl methyl sites for hydroxylation is 1. The SMILES string of the molecule is Cc1ccc(N2CCOCC2)c(NC=C(C#N)c2nn[nH]n2)c1. The van der Waals surface area contributed by atoms with Crippen LogP contribution in [-0.4, -0.2) is 46.9 Å². The number of ether oxygens (including phenoxy) is 1. The third-order valence-corrected chi connectivity index (χ3v) is 3.58. The number of benzene rings is 1. The second kappa shape index (κ2) is 6.89. The van der Waals surface area contributed by atoms with Gasteiger partial charge in [0.05, 0.1) is 24.6 Å². The molecule has 0 radical (unpaired) electrons. The molecule has 1 saturated heterocycles. The van der Waals surface area contributed by atoms with E-state index in [1.807, 2.05) is 13.0 Å². The summed E-state index contributed by atoms with van der Waals surface area (Å²) < 4.78 is 5.41. The number of morpholine rings is 1. The Balaban J connectivity index is 1.87. The van der Waals surface area contributed by atoms with Gasteiger partial charge in [0.15, 0.2) is 0 Å². The van der Waals surface area contributed by atoms with Gasteiger partial charge < -0.3 is 15.0 Å². The average molecular weight is 311 g/mol. The molecule has 2 N–H and O–H groups in total. The fourth-order valence-corrected chi connectivity index (χ4v) is 2.42. The minimum atomic E-state index is 0.264. The highest BCUT2D eigenvalue weighted by Crippen LogP contribution is 2.28. The predicted octanol–water partition coefficient (Wildman–Crippen LogP) is 1.32. The Bertz CT molecular complexity index is 727. The van der Waals surface area contributed by atoms with Gasteiger partial charge >= 0.3 is 0 Å². The number of aromatic nitrogens is 4. The fraction of sp³-hybridized carbons (Fsp3) is 0.333. The van der Waals surface area contributed by atoms with Gasteiger partial charge in [-0.25, -0.2) is 0 Å². The Hall–Kier alpha value is -2.92. The Labute approximate surface area is 133 Å². The van der Waals surface area contributed by atoms with Crippen molar-refractivity contribution in [2.45, 2.75) is 6.92 Å². The summed E-state index contributed by atoms with van der Waals surface area (Å²) in [7, 11) is 0. The second-order valence-corrected chi connectivity index (χ2v) is 5.17. The maximum Gasteiger partial charge on any atom is 0.216 e. The van der Waals surface area contributed by atoms with E-state index in [1.54, 1.807) is 6.20 Å². The number of nitrogens with one attached hydrogen (secondary N) is 2. The van der Waals surface area contributed by atoms with Gasteiger partial charge in [-0.3, -0.25) is 0 Å². The van der Waals surface area contributed by atoms with Crippen LogP contribution in [0.15, 0.2) is 24.4 Å². The first kappa shape index (κ1) is 15.0. The third kappa shape index (κ3) is 3.46. The Morgan fingerprint density at radius 3 is 2.96 bits per heavy atom. The Kier molecular flexibility index (Phi) is 4.49. The Morgan fingerprint density at radius 1 is 1.43 bits per heavy atom. The van der Waals surface area contributed by atoms with Crippen LogP contribution < -0.4 is 10.2 Å². The van der Waals surface area contributed by atoms with Crippen LogP contribution in [0.5, 0.6) is 0 Å². The van der Waals surface area contributed by atoms with Gasteiger partial charge in [-0.1, -0.05) is 6.07 Å². The number of rotatable bonds is 4. The van der Waals surface area contributed by atoms with Crippen LogP contribution in [-0.2, 0) is 4.74 Å². The van der Waals surface area contributed by atoms with E-state index in [0.29, 0.717) is 5.57 Å². The van der Waals surface area contributed by atoms with Crippen molar-refractivity contribution in [3.63, 3.8) is 0 Å². The van der Waals surface area contributed by atoms with Crippen molar-refractivity contribution in [2.24, 2.45) is 0 Å². The highest BCUT2D eigenvalue weighted by atomic mass is 16.5. The van der Waals surface area contributed by atoms with Gasteiger partial charge in [0.2, 0.25) is 5.82 Å². The number of nitriles is 1. The Morgan fingerprint density at radius 2 is 2.26 bits per heavy atom. The van der Waals surface area contributed by atoms with Gasteiger partial charge in [0, 0.05) is 19.3 Å². The highest BCUT2D eigenvalue weighted by molar-refractivity contribution is 5.78. The molecule has 1 fully saturated rings. The van der Waals surface area contributed by atoms with Crippen LogP contribution in [0.25, 0.3) is 5.57 Å². The quantitative estimate of drug-likeness (QED) is 0.821. The van der Waals surface area contributed by atoms with Gasteiger partial charge in [-0.15, -0.1) is 10.2 Å². The smallest absolute Gasteiger partial charge is 0.216 e. The number of allylic oxidation sites excluding steroid dienone is 1. The van der Waals surface area contributed by atoms with Gasteiger partial charge in [0.1, 0.15) is 11.6 Å². The first-order chi connectivity index (χ1) is 11.3. The molecular formula is C15H17N7O. The van der Waals surface area contributed by atoms with Crippen LogP contribution in [0.3, 0.4) is 0 Å². The zero-order chi connectivity index (χ0) is 16.1. The van der Waals surface area contributed by atoms with Crippen LogP contribution in [0.4, 0.5) is 11.4 Å². The van der Waals surface area contributed by atoms with E-state index < -0.39 is 0 Å². The van der Waals surface area contributed by atoms with Crippen molar-refractivity contribution in [2.75, 3.05) is 36.5 Å². The molecule has 0 amide bonds. The molecule has 0 saturated carbocycles. The lowest BCUT2D eigenvalue weighted by molar-refractivity contribution is 0.123. The number of H-pyrrole nitrogens is 1. The maximum atomic E-state index is 9.24. The summed E-state index contributed by atoms with van der Waals surface area (Å²) in [5.74, 6) is 0.264. The van der Waals surface area contributed by atoms with Crippen molar-refractivity contribution in [3.8, 4) is 6.07 Å². The minimum Gasteiger partial charge on any atom is -0.378 e. The molecule has 0 atom stereocenters. The number of hydrogen-bond donors (Lipinski definition) is 2. The molecule has 0 bridgehead atoms. The molecule has 1 aromatic carbocycles. The topological polar surface area (TPSA) is 103 Å². The predicted molar refractivity (Wildman–Crippen MR) is 85.6 cm³/mol. The van der Waals surface area contributed by atoms with E-state index in [2.05, 4.69) is 49.0 Å². The molecule has 2 aromatic rings. The zero-order valence-corrected chi connectivity index (χ0v) is 12.8. The molecule has 0 unspecified atom stereocenters. The molecule has 8 heteroatoms. The van der Waals surface area contributed by atoms with Crippen molar-refractivity contribution in [1.29, 1.82) is 5.26 Å². The van der Waals surface area contributed by atoms with E-state index in [4.69, 9.17) is 4.74 Å². The molecule has 8 nitrogen and oxygen atoms in total. The van der Waals surface area contributed by atoms with Crippen LogP contribution in [0.2, 0.25) is 0 Å². The first-order valence-corrected chi connectivity index (χ1v) is 7.32. The average Bonchev–Trinajstić information content (AvgIpc) is 3.11. The van der Waals surface area contributed by atoms with Crippen LogP contribution >= 0.6 is 0 Å². The van der Waals surface area contributed by atoms with E-state index in [9.17, 15) is 5.26 Å². The first-order valence-electron chi connectivity index (χ1n) is 7.32. The summed E-state index contributed by atoms with van der Waals surface area (Å²) >= 11 is 0. The molecule has 1 aromatic heterocycles. The van der Waals surface area contributed by atoms with Gasteiger partial charge in [0.25, 0.3) is 0 Å². The number of aromatic amines is 1. The number of tetrazole rings is 1. The fourth-order valence-electron chi connectivity index (χ4n) is 2.42. The van der Waals surface area contributed by atoms with E-state index in [-0.39, 0.29) is 5.82 Å². The lowest BCUT2D eigenvalue weighted by Gasteiger charge is -2.30. The summed E-state index contributed by atoms with van der Waals surface area (Å²) in [6.45, 7) is 5.15. The molecule has 0 spiro atoms. The van der Waals surface area contributed by atoms with E-state index >= 15 is 0 Å². The normalized spacial score (nSPS) is 15.3. The van der Waals surface area contributed by atoms with Gasteiger partial charge in [-0.2, -0.15) is 10.5 Å². The summed E-state index contributed by atoms with van der Waals surface area (Å²) in [5, 5.41) is 25.9. The van der Waals surface area contributed by atoms with Crippen LogP contribution in [0, 0.1) is 18.3 Å². The zero-order valence-electron chi connectivity index (χ0n) is 12.8. The summed E-state index contributed by atoms with van der Waals surface area (Å²) in [6, 6.07) is 8.27. The van der Waals surface area contributed by atoms with Crippen LogP contribution in [0.1, 0.15) is 11.4 Å². The van der Waals surface area contributed by atoms with E-state index in [1.165, 1.54) is 0 Å². The minimum absolute atomic E-state index is 0.264. The molecular weight excluding hydrogens is 294 g/mol. The van der Waals surface area contributed by atoms with Crippen molar-refractivity contribution >= 4 is 16.9 Å². The largest absolute Gasteiger partial charge is 0.378 e. The molecule has 0 aliphatic carbocycles. The molecule has 2 heterocycles. The number of hydrogen-bond acceptors (Lipinski definition) is 7. The summed E-state index contributed by atoms with van der Waals surface area (Å²) in [6.07, 6.45) is 1.60.